The molecule has 0 N–H and O–H groups in total. The monoisotopic (exact) mass is 218 g/mol. The van der Waals surface area contributed by atoms with E-state index in [1.165, 1.54) is 6.26 Å². The molecule has 0 aromatic carbocycles. The first-order chi connectivity index (χ1) is 6.45. The van der Waals surface area contributed by atoms with Gasteiger partial charge in [0.15, 0.2) is 0 Å². The van der Waals surface area contributed by atoms with E-state index in [2.05, 4.69) is 0 Å². The lowest BCUT2D eigenvalue weighted by molar-refractivity contribution is -0.123. The fourth-order valence-corrected chi connectivity index (χ4v) is 3.23. The third kappa shape index (κ3) is 2.80. The van der Waals surface area contributed by atoms with Gasteiger partial charge in [0.05, 0.1) is 5.25 Å². The summed E-state index contributed by atoms with van der Waals surface area (Å²) >= 11 is 0. The summed E-state index contributed by atoms with van der Waals surface area (Å²) in [7, 11) is -2.89. The molecule has 0 aromatic heterocycles. The lowest BCUT2D eigenvalue weighted by Crippen LogP contribution is -2.29. The summed E-state index contributed by atoms with van der Waals surface area (Å²) in [6.07, 6.45) is 4.70. The highest BCUT2D eigenvalue weighted by atomic mass is 32.2. The van der Waals surface area contributed by atoms with Gasteiger partial charge in [-0.2, -0.15) is 0 Å². The molecule has 0 atom stereocenters. The molecule has 0 amide bonds. The van der Waals surface area contributed by atoms with Gasteiger partial charge < -0.3 is 0 Å². The lowest BCUT2D eigenvalue weighted by atomic mass is 9.85. The van der Waals surface area contributed by atoms with E-state index in [-0.39, 0.29) is 17.0 Å². The Labute approximate surface area is 85.8 Å². The Morgan fingerprint density at radius 2 is 1.71 bits per heavy atom. The average Bonchev–Trinajstić information content (AvgIpc) is 2.15. The second-order valence-corrected chi connectivity index (χ2v) is 6.45. The van der Waals surface area contributed by atoms with Gasteiger partial charge >= 0.3 is 0 Å². The average molecular weight is 218 g/mol. The molecule has 0 aliphatic heterocycles. The summed E-state index contributed by atoms with van der Waals surface area (Å²) < 4.78 is 22.5. The number of hydrogen-bond donors (Lipinski definition) is 0. The highest BCUT2D eigenvalue weighted by Gasteiger charge is 2.30. The maximum atomic E-state index is 11.4. The van der Waals surface area contributed by atoms with Crippen molar-refractivity contribution in [3.05, 3.63) is 0 Å². The maximum Gasteiger partial charge on any atom is 0.150 e. The van der Waals surface area contributed by atoms with Gasteiger partial charge in [0.1, 0.15) is 15.6 Å². The first-order valence-corrected chi connectivity index (χ1v) is 7.12. The van der Waals surface area contributed by atoms with Crippen molar-refractivity contribution in [2.24, 2.45) is 5.92 Å². The molecule has 82 valence electrons. The minimum absolute atomic E-state index is 0.123. The van der Waals surface area contributed by atoms with Crippen LogP contribution in [0.25, 0.3) is 0 Å². The standard InChI is InChI=1S/C10H18O3S/c1-3-10(11)8-4-6-9(7-5-8)14(2,12)13/h8-9H,3-7H2,1-2H3. The van der Waals surface area contributed by atoms with E-state index < -0.39 is 9.84 Å². The van der Waals surface area contributed by atoms with Gasteiger partial charge in [-0.3, -0.25) is 4.79 Å². The van der Waals surface area contributed by atoms with Crippen LogP contribution in [0.3, 0.4) is 0 Å². The first kappa shape index (κ1) is 11.7. The number of sulfone groups is 1. The largest absolute Gasteiger partial charge is 0.299 e. The Balaban J connectivity index is 2.51. The molecular weight excluding hydrogens is 200 g/mol. The van der Waals surface area contributed by atoms with Crippen LogP contribution in [0.1, 0.15) is 39.0 Å². The van der Waals surface area contributed by atoms with Crippen LogP contribution in [0.5, 0.6) is 0 Å². The minimum atomic E-state index is -2.89. The Morgan fingerprint density at radius 1 is 1.21 bits per heavy atom. The molecule has 0 bridgehead atoms. The zero-order valence-corrected chi connectivity index (χ0v) is 9.64. The first-order valence-electron chi connectivity index (χ1n) is 5.16. The van der Waals surface area contributed by atoms with Crippen molar-refractivity contribution >= 4 is 15.6 Å². The summed E-state index contributed by atoms with van der Waals surface area (Å²) in [5.41, 5.74) is 0. The maximum absolute atomic E-state index is 11.4. The summed E-state index contributed by atoms with van der Waals surface area (Å²) in [6.45, 7) is 1.87. The fraction of sp³-hybridized carbons (Fsp3) is 0.900. The van der Waals surface area contributed by atoms with Gasteiger partial charge in [-0.1, -0.05) is 6.92 Å². The van der Waals surface area contributed by atoms with E-state index in [9.17, 15) is 13.2 Å². The molecule has 0 spiro atoms. The van der Waals surface area contributed by atoms with Gasteiger partial charge in [0.25, 0.3) is 0 Å². The number of carbonyl (C=O) groups is 1. The molecule has 1 saturated carbocycles. The van der Waals surface area contributed by atoms with E-state index in [0.717, 1.165) is 12.8 Å². The molecule has 1 aliphatic carbocycles. The van der Waals surface area contributed by atoms with Gasteiger partial charge in [-0.15, -0.1) is 0 Å². The zero-order chi connectivity index (χ0) is 10.8. The summed E-state index contributed by atoms with van der Waals surface area (Å²) in [4.78, 5) is 11.4. The van der Waals surface area contributed by atoms with Gasteiger partial charge in [0, 0.05) is 18.6 Å². The highest BCUT2D eigenvalue weighted by Crippen LogP contribution is 2.29. The second kappa shape index (κ2) is 4.43. The van der Waals surface area contributed by atoms with Crippen molar-refractivity contribution in [3.63, 3.8) is 0 Å². The van der Waals surface area contributed by atoms with E-state index >= 15 is 0 Å². The molecule has 0 aromatic rings. The van der Waals surface area contributed by atoms with Crippen molar-refractivity contribution in [3.8, 4) is 0 Å². The lowest BCUT2D eigenvalue weighted by Gasteiger charge is -2.26. The van der Waals surface area contributed by atoms with Crippen LogP contribution in [-0.2, 0) is 14.6 Å². The summed E-state index contributed by atoms with van der Waals surface area (Å²) in [5.74, 6) is 0.412. The molecule has 0 unspecified atom stereocenters. The van der Waals surface area contributed by atoms with Gasteiger partial charge in [-0.05, 0) is 25.7 Å². The third-order valence-electron chi connectivity index (χ3n) is 3.08. The van der Waals surface area contributed by atoms with Crippen molar-refractivity contribution in [1.82, 2.24) is 0 Å². The van der Waals surface area contributed by atoms with Crippen molar-refractivity contribution < 1.29 is 13.2 Å². The quantitative estimate of drug-likeness (QED) is 0.722. The third-order valence-corrected chi connectivity index (χ3v) is 4.77. The summed E-state index contributed by atoms with van der Waals surface area (Å²) in [6, 6.07) is 0. The molecule has 1 fully saturated rings. The van der Waals surface area contributed by atoms with Crippen LogP contribution in [-0.4, -0.2) is 25.7 Å². The molecule has 4 heteroatoms. The van der Waals surface area contributed by atoms with Crippen LogP contribution in [0.15, 0.2) is 0 Å². The Hall–Kier alpha value is -0.380. The fourth-order valence-electron chi connectivity index (χ4n) is 2.10. The molecular formula is C10H18O3S. The van der Waals surface area contributed by atoms with Crippen LogP contribution in [0, 0.1) is 5.92 Å². The molecule has 3 nitrogen and oxygen atoms in total. The van der Waals surface area contributed by atoms with Gasteiger partial charge in [-0.25, -0.2) is 8.42 Å². The van der Waals surface area contributed by atoms with Crippen LogP contribution in [0.4, 0.5) is 0 Å². The van der Waals surface area contributed by atoms with E-state index in [1.54, 1.807) is 0 Å². The molecule has 0 radical (unpaired) electrons. The van der Waals surface area contributed by atoms with Crippen molar-refractivity contribution in [1.29, 1.82) is 0 Å². The summed E-state index contributed by atoms with van der Waals surface area (Å²) in [5, 5.41) is -0.205. The van der Waals surface area contributed by atoms with Crippen LogP contribution < -0.4 is 0 Å². The highest BCUT2D eigenvalue weighted by molar-refractivity contribution is 7.91. The van der Waals surface area contributed by atoms with Gasteiger partial charge in [0.2, 0.25) is 0 Å². The number of hydrogen-bond acceptors (Lipinski definition) is 3. The minimum Gasteiger partial charge on any atom is -0.299 e. The molecule has 1 rings (SSSR count). The van der Waals surface area contributed by atoms with E-state index in [0.29, 0.717) is 19.3 Å². The molecule has 0 heterocycles. The predicted molar refractivity (Wildman–Crippen MR) is 55.9 cm³/mol. The number of carbonyl (C=O) groups excluding carboxylic acids is 1. The number of rotatable bonds is 3. The predicted octanol–water partition coefficient (Wildman–Crippen LogP) is 1.57. The Morgan fingerprint density at radius 3 is 2.07 bits per heavy atom. The Bertz CT molecular complexity index is 297. The molecule has 0 saturated heterocycles. The second-order valence-electron chi connectivity index (χ2n) is 4.12. The van der Waals surface area contributed by atoms with Crippen molar-refractivity contribution in [2.45, 2.75) is 44.3 Å². The van der Waals surface area contributed by atoms with Crippen molar-refractivity contribution in [2.75, 3.05) is 6.26 Å². The van der Waals surface area contributed by atoms with Crippen LogP contribution in [0.2, 0.25) is 0 Å². The molecule has 1 aliphatic rings. The van der Waals surface area contributed by atoms with E-state index in [4.69, 9.17) is 0 Å². The topological polar surface area (TPSA) is 51.2 Å². The number of Topliss-reactive ketones (excluding diaryl/α,β-unsaturated/α-hetero) is 1. The number of ketones is 1. The van der Waals surface area contributed by atoms with E-state index in [1.807, 2.05) is 6.92 Å². The molecule has 14 heavy (non-hydrogen) atoms. The Kier molecular flexibility index (Phi) is 3.70. The zero-order valence-electron chi connectivity index (χ0n) is 8.82. The van der Waals surface area contributed by atoms with Crippen LogP contribution >= 0.6 is 0 Å². The smallest absolute Gasteiger partial charge is 0.150 e. The normalized spacial score (nSPS) is 28.7. The SMILES string of the molecule is CCC(=O)C1CCC(S(C)(=O)=O)CC1.